The zero-order valence-corrected chi connectivity index (χ0v) is 9.67. The number of rotatable bonds is 4. The molecule has 77 valence electrons. The number of hydrogen-bond donors (Lipinski definition) is 0. The molecule has 0 aliphatic heterocycles. The molecule has 0 spiro atoms. The minimum absolute atomic E-state index is 0.119. The molecule has 0 atom stereocenters. The van der Waals surface area contributed by atoms with Crippen LogP contribution in [-0.2, 0) is 3.41 Å². The van der Waals surface area contributed by atoms with Crippen LogP contribution in [0.4, 0.5) is 11.7 Å². The normalized spacial score (nSPS) is 11.7. The average Bonchev–Trinajstić information content (AvgIpc) is 2.22. The molecule has 14 heavy (non-hydrogen) atoms. The first-order valence-corrected chi connectivity index (χ1v) is 5.78. The average molecular weight is 276 g/mol. The van der Waals surface area contributed by atoms with E-state index in [1.807, 2.05) is 0 Å². The Labute approximate surface area is 97.9 Å². The van der Waals surface area contributed by atoms with Gasteiger partial charge >= 0.3 is 0 Å². The summed E-state index contributed by atoms with van der Waals surface area (Å²) in [6, 6.07) is 6.60. The van der Waals surface area contributed by atoms with Gasteiger partial charge in [-0.15, -0.1) is 0 Å². The molecule has 0 aliphatic carbocycles. The predicted octanol–water partition coefficient (Wildman–Crippen LogP) is 5.10. The van der Waals surface area contributed by atoms with Crippen LogP contribution in [0, 0.1) is 6.07 Å². The lowest BCUT2D eigenvalue weighted by molar-refractivity contribution is 0.874. The molecule has 0 nitrogen and oxygen atoms in total. The number of benzene rings is 1. The van der Waals surface area contributed by atoms with E-state index < -0.39 is 39.9 Å². The molecule has 0 aliphatic rings. The van der Waals surface area contributed by atoms with Crippen LogP contribution in [0.15, 0.2) is 18.2 Å². The first-order valence-electron chi connectivity index (χ1n) is 3.25. The molecule has 0 unspecified atom stereocenters. The van der Waals surface area contributed by atoms with Crippen molar-refractivity contribution < 1.29 is 11.7 Å². The monoisotopic (exact) mass is 275 g/mol. The Hall–Kier alpha value is 0.350. The topological polar surface area (TPSA) is 0 Å². The predicted molar refractivity (Wildman–Crippen MR) is 58.1 cm³/mol. The SMILES string of the molecule is FSC(SF)(SF)c1cc[c]c(Cl)c1. The molecule has 0 N–H and O–H groups in total. The summed E-state index contributed by atoms with van der Waals surface area (Å²) in [6.45, 7) is 0. The molecule has 1 rings (SSSR count). The second kappa shape index (κ2) is 5.44. The van der Waals surface area contributed by atoms with Crippen molar-refractivity contribution >= 4 is 48.0 Å². The van der Waals surface area contributed by atoms with E-state index in [9.17, 15) is 11.7 Å². The Morgan fingerprint density at radius 1 is 1.21 bits per heavy atom. The minimum atomic E-state index is -1.95. The second-order valence-corrected chi connectivity index (χ2v) is 5.70. The highest BCUT2D eigenvalue weighted by molar-refractivity contribution is 8.28. The highest BCUT2D eigenvalue weighted by atomic mass is 35.5. The molecule has 0 fully saturated rings. The quantitative estimate of drug-likeness (QED) is 0.702. The smallest absolute Gasteiger partial charge is 0.162 e. The molecule has 1 aromatic carbocycles. The number of halogens is 4. The zero-order chi connectivity index (χ0) is 10.6. The lowest BCUT2D eigenvalue weighted by Gasteiger charge is -2.19. The molecular weight excluding hydrogens is 273 g/mol. The molecule has 1 radical (unpaired) electrons. The Kier molecular flexibility index (Phi) is 4.82. The highest BCUT2D eigenvalue weighted by Gasteiger charge is 2.39. The van der Waals surface area contributed by atoms with Gasteiger partial charge in [-0.3, -0.25) is 0 Å². The molecule has 0 saturated heterocycles. The van der Waals surface area contributed by atoms with Gasteiger partial charge in [-0.1, -0.05) is 23.7 Å². The largest absolute Gasteiger partial charge is 0.224 e. The summed E-state index contributed by atoms with van der Waals surface area (Å²) < 4.78 is 35.5. The summed E-state index contributed by atoms with van der Waals surface area (Å²) in [5, 5.41) is 0.184. The maximum Gasteiger partial charge on any atom is 0.224 e. The van der Waals surface area contributed by atoms with Crippen LogP contribution in [-0.4, -0.2) is 0 Å². The van der Waals surface area contributed by atoms with Gasteiger partial charge in [-0.2, -0.15) is 11.7 Å². The third-order valence-electron chi connectivity index (χ3n) is 1.42. The van der Waals surface area contributed by atoms with Crippen LogP contribution in [0.25, 0.3) is 0 Å². The van der Waals surface area contributed by atoms with Gasteiger partial charge in [0.1, 0.15) is 0 Å². The Morgan fingerprint density at radius 3 is 2.21 bits per heavy atom. The van der Waals surface area contributed by atoms with Gasteiger partial charge in [0.05, 0.1) is 36.4 Å². The van der Waals surface area contributed by atoms with Crippen LogP contribution in [0.5, 0.6) is 0 Å². The summed E-state index contributed by atoms with van der Waals surface area (Å²) in [4.78, 5) is 0. The first-order chi connectivity index (χ1) is 6.68. The van der Waals surface area contributed by atoms with Crippen LogP contribution >= 0.6 is 48.0 Å². The van der Waals surface area contributed by atoms with E-state index in [1.165, 1.54) is 18.2 Å². The Morgan fingerprint density at radius 2 is 1.79 bits per heavy atom. The summed E-state index contributed by atoms with van der Waals surface area (Å²) in [6.07, 6.45) is 0. The number of hydrogen-bond acceptors (Lipinski definition) is 3. The van der Waals surface area contributed by atoms with Crippen molar-refractivity contribution in [2.45, 2.75) is 3.41 Å². The second-order valence-electron chi connectivity index (χ2n) is 2.21. The minimum Gasteiger partial charge on any atom is -0.162 e. The molecule has 0 aromatic heterocycles. The van der Waals surface area contributed by atoms with Gasteiger partial charge in [0.25, 0.3) is 0 Å². The summed E-state index contributed by atoms with van der Waals surface area (Å²) in [5.74, 6) is 0. The van der Waals surface area contributed by atoms with Gasteiger partial charge in [-0.05, 0) is 11.6 Å². The van der Waals surface area contributed by atoms with Crippen molar-refractivity contribution in [2.75, 3.05) is 0 Å². The van der Waals surface area contributed by atoms with Gasteiger partial charge in [0, 0.05) is 11.1 Å². The van der Waals surface area contributed by atoms with E-state index in [1.54, 1.807) is 0 Å². The Balaban J connectivity index is 3.10. The fourth-order valence-electron chi connectivity index (χ4n) is 0.797. The first kappa shape index (κ1) is 12.4. The van der Waals surface area contributed by atoms with Crippen molar-refractivity contribution in [3.8, 4) is 0 Å². The van der Waals surface area contributed by atoms with Gasteiger partial charge in [0.15, 0.2) is 0 Å². The van der Waals surface area contributed by atoms with Crippen molar-refractivity contribution in [3.63, 3.8) is 0 Å². The van der Waals surface area contributed by atoms with E-state index in [0.29, 0.717) is 0 Å². The molecule has 0 bridgehead atoms. The van der Waals surface area contributed by atoms with Crippen molar-refractivity contribution in [2.24, 2.45) is 0 Å². The van der Waals surface area contributed by atoms with Crippen molar-refractivity contribution in [1.82, 2.24) is 0 Å². The molecule has 0 heterocycles. The van der Waals surface area contributed by atoms with Crippen LogP contribution in [0.3, 0.4) is 0 Å². The van der Waals surface area contributed by atoms with E-state index in [0.717, 1.165) is 0 Å². The maximum absolute atomic E-state index is 12.5. The molecule has 7 heteroatoms. The highest BCUT2D eigenvalue weighted by Crippen LogP contribution is 2.56. The Bertz CT molecular complexity index is 298. The third-order valence-corrected chi connectivity index (χ3v) is 4.09. The third kappa shape index (κ3) is 2.48. The van der Waals surface area contributed by atoms with E-state index in [-0.39, 0.29) is 10.6 Å². The summed E-state index contributed by atoms with van der Waals surface area (Å²) >= 11 is 4.32. The van der Waals surface area contributed by atoms with E-state index in [2.05, 4.69) is 6.07 Å². The fraction of sp³-hybridized carbons (Fsp3) is 0.143. The maximum atomic E-state index is 12.5. The zero-order valence-electron chi connectivity index (χ0n) is 6.47. The van der Waals surface area contributed by atoms with Gasteiger partial charge in [-0.25, -0.2) is 0 Å². The van der Waals surface area contributed by atoms with Gasteiger partial charge in [0.2, 0.25) is 3.41 Å². The molecular formula is C7H3ClF3S3. The molecule has 0 saturated carbocycles. The molecule has 0 amide bonds. The van der Waals surface area contributed by atoms with Crippen molar-refractivity contribution in [1.29, 1.82) is 0 Å². The summed E-state index contributed by atoms with van der Waals surface area (Å²) in [5.41, 5.74) is 0.119. The lowest BCUT2D eigenvalue weighted by Crippen LogP contribution is -2.07. The van der Waals surface area contributed by atoms with E-state index >= 15 is 0 Å². The lowest BCUT2D eigenvalue weighted by atomic mass is 10.2. The van der Waals surface area contributed by atoms with Crippen molar-refractivity contribution in [3.05, 3.63) is 34.9 Å². The van der Waals surface area contributed by atoms with Crippen LogP contribution in [0.1, 0.15) is 5.56 Å². The summed E-state index contributed by atoms with van der Waals surface area (Å²) in [7, 11) is 0. The molecule has 1 aromatic rings. The van der Waals surface area contributed by atoms with E-state index in [4.69, 9.17) is 11.6 Å². The van der Waals surface area contributed by atoms with Crippen LogP contribution < -0.4 is 0 Å². The van der Waals surface area contributed by atoms with Gasteiger partial charge < -0.3 is 0 Å². The van der Waals surface area contributed by atoms with Crippen LogP contribution in [0.2, 0.25) is 5.02 Å². The standard InChI is InChI=1S/C7H3ClF3S3/c8-6-3-1-2-5(4-6)7(12-9,13-10)14-11/h1-2,4H. The fourth-order valence-corrected chi connectivity index (χ4v) is 1.91.